The Morgan fingerprint density at radius 1 is 1.22 bits per heavy atom. The minimum atomic E-state index is -0.485. The molecule has 0 radical (unpaired) electrons. The van der Waals surface area contributed by atoms with Crippen molar-refractivity contribution in [3.63, 3.8) is 0 Å². The van der Waals surface area contributed by atoms with Crippen LogP contribution in [-0.4, -0.2) is 47.9 Å². The third-order valence-corrected chi connectivity index (χ3v) is 4.53. The Morgan fingerprint density at radius 2 is 1.96 bits per heavy atom. The molecule has 2 fully saturated rings. The number of carbonyl (C=O) groups excluding carboxylic acids is 1. The number of hydrogen-bond acceptors (Lipinski definition) is 5. The number of H-pyrrole nitrogens is 1. The Kier molecular flexibility index (Phi) is 3.46. The van der Waals surface area contributed by atoms with Crippen molar-refractivity contribution in [3.8, 4) is 0 Å². The summed E-state index contributed by atoms with van der Waals surface area (Å²) < 4.78 is 16.3. The minimum absolute atomic E-state index is 0.0723. The largest absolute Gasteiger partial charge is 0.417 e. The van der Waals surface area contributed by atoms with Gasteiger partial charge in [-0.3, -0.25) is 9.78 Å². The van der Waals surface area contributed by atoms with Crippen molar-refractivity contribution in [2.75, 3.05) is 26.3 Å². The van der Waals surface area contributed by atoms with Crippen molar-refractivity contribution in [1.82, 2.24) is 9.88 Å². The van der Waals surface area contributed by atoms with Crippen LogP contribution in [0.4, 0.5) is 0 Å². The third kappa shape index (κ3) is 2.77. The fraction of sp³-hybridized carbons (Fsp3) is 0.500. The number of piperidine rings is 1. The van der Waals surface area contributed by atoms with E-state index < -0.39 is 11.5 Å². The van der Waals surface area contributed by atoms with E-state index in [0.29, 0.717) is 56.7 Å². The molecule has 0 bridgehead atoms. The lowest BCUT2D eigenvalue weighted by atomic mass is 10.0. The number of carbonyl (C=O) groups is 1. The van der Waals surface area contributed by atoms with E-state index in [2.05, 4.69) is 4.98 Å². The first-order chi connectivity index (χ1) is 11.1. The molecule has 0 unspecified atom stereocenters. The average molecular weight is 318 g/mol. The number of amides is 1. The zero-order valence-corrected chi connectivity index (χ0v) is 12.7. The number of hydrogen-bond donors (Lipinski definition) is 1. The number of aromatic nitrogens is 1. The highest BCUT2D eigenvalue weighted by Crippen LogP contribution is 2.31. The maximum Gasteiger partial charge on any atom is 0.417 e. The normalized spacial score (nSPS) is 20.4. The first-order valence-electron chi connectivity index (χ1n) is 7.81. The Balaban J connectivity index is 1.42. The van der Waals surface area contributed by atoms with Gasteiger partial charge in [0.15, 0.2) is 11.4 Å². The predicted octanol–water partition coefficient (Wildman–Crippen LogP) is 1.03. The summed E-state index contributed by atoms with van der Waals surface area (Å²) in [7, 11) is 0. The monoisotopic (exact) mass is 318 g/mol. The van der Waals surface area contributed by atoms with Crippen LogP contribution < -0.4 is 5.76 Å². The van der Waals surface area contributed by atoms with Crippen LogP contribution in [0.5, 0.6) is 0 Å². The number of rotatable bonds is 2. The molecule has 0 saturated carbocycles. The van der Waals surface area contributed by atoms with Gasteiger partial charge in [0.2, 0.25) is 5.91 Å². The number of aromatic amines is 1. The Morgan fingerprint density at radius 3 is 2.70 bits per heavy atom. The van der Waals surface area contributed by atoms with Crippen LogP contribution >= 0.6 is 0 Å². The highest BCUT2D eigenvalue weighted by Gasteiger charge is 2.40. The zero-order chi connectivity index (χ0) is 15.9. The quantitative estimate of drug-likeness (QED) is 0.894. The van der Waals surface area contributed by atoms with Gasteiger partial charge in [-0.1, -0.05) is 6.07 Å². The molecule has 1 N–H and O–H groups in total. The van der Waals surface area contributed by atoms with E-state index in [-0.39, 0.29) is 5.91 Å². The van der Waals surface area contributed by atoms with Crippen LogP contribution in [-0.2, 0) is 20.7 Å². The molecule has 1 spiro atoms. The van der Waals surface area contributed by atoms with E-state index in [1.807, 2.05) is 11.0 Å². The van der Waals surface area contributed by atoms with Crippen molar-refractivity contribution >= 4 is 17.0 Å². The fourth-order valence-corrected chi connectivity index (χ4v) is 3.28. The number of nitrogens with zero attached hydrogens (tertiary/aromatic N) is 1. The topological polar surface area (TPSA) is 84.8 Å². The molecule has 7 nitrogen and oxygen atoms in total. The van der Waals surface area contributed by atoms with Crippen molar-refractivity contribution < 1.29 is 18.7 Å². The summed E-state index contributed by atoms with van der Waals surface area (Å²) in [5, 5.41) is 0. The first kappa shape index (κ1) is 14.5. The molecule has 23 heavy (non-hydrogen) atoms. The summed E-state index contributed by atoms with van der Waals surface area (Å²) in [5.74, 6) is -0.879. The van der Waals surface area contributed by atoms with Gasteiger partial charge in [0, 0.05) is 25.9 Å². The summed E-state index contributed by atoms with van der Waals surface area (Å²) >= 11 is 0. The summed E-state index contributed by atoms with van der Waals surface area (Å²) in [6.45, 7) is 2.56. The molecule has 7 heteroatoms. The lowest BCUT2D eigenvalue weighted by Gasteiger charge is -2.37. The van der Waals surface area contributed by atoms with Gasteiger partial charge in [0.05, 0.1) is 25.2 Å². The van der Waals surface area contributed by atoms with E-state index in [1.54, 1.807) is 12.1 Å². The molecule has 122 valence electrons. The van der Waals surface area contributed by atoms with Crippen LogP contribution in [0.2, 0.25) is 0 Å². The van der Waals surface area contributed by atoms with Gasteiger partial charge < -0.3 is 18.8 Å². The molecule has 3 heterocycles. The molecule has 1 aromatic heterocycles. The second kappa shape index (κ2) is 5.50. The SMILES string of the molecule is O=C(Cc1ccc2oc(=O)[nH]c2c1)N1CCC2(CC1)OCCO2. The van der Waals surface area contributed by atoms with E-state index in [0.717, 1.165) is 5.56 Å². The number of ether oxygens (including phenoxy) is 2. The molecule has 4 rings (SSSR count). The van der Waals surface area contributed by atoms with Crippen molar-refractivity contribution in [2.45, 2.75) is 25.0 Å². The third-order valence-electron chi connectivity index (χ3n) is 4.53. The molecule has 0 aliphatic carbocycles. The standard InChI is InChI=1S/C16H18N2O5/c19-14(18-5-3-16(4-6-18)21-7-8-22-16)10-11-1-2-13-12(9-11)17-15(20)23-13/h1-2,9H,3-8,10H2,(H,17,20). The summed E-state index contributed by atoms with van der Waals surface area (Å²) in [4.78, 5) is 28.1. The molecule has 2 aliphatic rings. The lowest BCUT2D eigenvalue weighted by Crippen LogP contribution is -2.47. The molecule has 1 amide bonds. The number of likely N-dealkylation sites (tertiary alicyclic amines) is 1. The minimum Gasteiger partial charge on any atom is -0.408 e. The summed E-state index contributed by atoms with van der Waals surface area (Å²) in [6.07, 6.45) is 1.73. The molecule has 2 aliphatic heterocycles. The average Bonchev–Trinajstić information content (AvgIpc) is 3.13. The maximum absolute atomic E-state index is 12.5. The zero-order valence-electron chi connectivity index (χ0n) is 12.7. The number of fused-ring (bicyclic) bond motifs is 1. The maximum atomic E-state index is 12.5. The van der Waals surface area contributed by atoms with Crippen molar-refractivity contribution in [3.05, 3.63) is 34.3 Å². The van der Waals surface area contributed by atoms with Gasteiger partial charge in [0.1, 0.15) is 0 Å². The van der Waals surface area contributed by atoms with Gasteiger partial charge >= 0.3 is 5.76 Å². The number of oxazole rings is 1. The van der Waals surface area contributed by atoms with Gasteiger partial charge in [-0.25, -0.2) is 4.79 Å². The first-order valence-corrected chi connectivity index (χ1v) is 7.81. The Labute approximate surface area is 132 Å². The number of nitrogens with one attached hydrogen (secondary N) is 1. The van der Waals surface area contributed by atoms with Gasteiger partial charge in [-0.2, -0.15) is 0 Å². The van der Waals surface area contributed by atoms with E-state index >= 15 is 0 Å². The molecule has 0 atom stereocenters. The van der Waals surface area contributed by atoms with E-state index in [4.69, 9.17) is 13.9 Å². The smallest absolute Gasteiger partial charge is 0.408 e. The second-order valence-corrected chi connectivity index (χ2v) is 6.01. The molecular weight excluding hydrogens is 300 g/mol. The predicted molar refractivity (Wildman–Crippen MR) is 81.0 cm³/mol. The second-order valence-electron chi connectivity index (χ2n) is 6.01. The van der Waals surface area contributed by atoms with Crippen LogP contribution in [0.3, 0.4) is 0 Å². The molecular formula is C16H18N2O5. The lowest BCUT2D eigenvalue weighted by molar-refractivity contribution is -0.187. The number of benzene rings is 1. The Bertz CT molecular complexity index is 777. The van der Waals surface area contributed by atoms with Gasteiger partial charge in [-0.15, -0.1) is 0 Å². The van der Waals surface area contributed by atoms with Crippen molar-refractivity contribution in [1.29, 1.82) is 0 Å². The summed E-state index contributed by atoms with van der Waals surface area (Å²) in [5.41, 5.74) is 1.97. The highest BCUT2D eigenvalue weighted by atomic mass is 16.7. The van der Waals surface area contributed by atoms with Gasteiger partial charge in [-0.05, 0) is 17.7 Å². The highest BCUT2D eigenvalue weighted by molar-refractivity contribution is 5.81. The fourth-order valence-electron chi connectivity index (χ4n) is 3.28. The van der Waals surface area contributed by atoms with Gasteiger partial charge in [0.25, 0.3) is 0 Å². The van der Waals surface area contributed by atoms with Crippen LogP contribution in [0.25, 0.3) is 11.1 Å². The molecule has 2 aromatic rings. The summed E-state index contributed by atoms with van der Waals surface area (Å²) in [6, 6.07) is 5.31. The van der Waals surface area contributed by atoms with Crippen molar-refractivity contribution in [2.24, 2.45) is 0 Å². The van der Waals surface area contributed by atoms with Crippen LogP contribution in [0.15, 0.2) is 27.4 Å². The van der Waals surface area contributed by atoms with Crippen LogP contribution in [0.1, 0.15) is 18.4 Å². The van der Waals surface area contributed by atoms with E-state index in [9.17, 15) is 9.59 Å². The van der Waals surface area contributed by atoms with E-state index in [1.165, 1.54) is 0 Å². The Hall–Kier alpha value is -2.12. The van der Waals surface area contributed by atoms with Crippen LogP contribution in [0, 0.1) is 0 Å². The molecule has 2 saturated heterocycles. The molecule has 1 aromatic carbocycles.